The van der Waals surface area contributed by atoms with Gasteiger partial charge in [-0.2, -0.15) is 13.2 Å². The van der Waals surface area contributed by atoms with Gasteiger partial charge in [-0.05, 0) is 29.7 Å². The number of H-pyrrole nitrogens is 1. The van der Waals surface area contributed by atoms with Crippen LogP contribution in [0.2, 0.25) is 0 Å². The van der Waals surface area contributed by atoms with Crippen molar-refractivity contribution in [3.63, 3.8) is 0 Å². The van der Waals surface area contributed by atoms with Gasteiger partial charge in [0.2, 0.25) is 0 Å². The van der Waals surface area contributed by atoms with E-state index in [2.05, 4.69) is 15.3 Å². The van der Waals surface area contributed by atoms with Crippen LogP contribution in [0.4, 0.5) is 24.5 Å². The topological polar surface area (TPSA) is 40.7 Å². The predicted molar refractivity (Wildman–Crippen MR) is 99.1 cm³/mol. The molecule has 0 radical (unpaired) electrons. The molecule has 0 atom stereocenters. The van der Waals surface area contributed by atoms with Crippen molar-refractivity contribution in [1.82, 2.24) is 9.97 Å². The third-order valence-electron chi connectivity index (χ3n) is 4.12. The first-order chi connectivity index (χ1) is 12.5. The number of halogens is 3. The molecule has 2 aromatic heterocycles. The summed E-state index contributed by atoms with van der Waals surface area (Å²) in [5, 5.41) is 5.23. The SMILES string of the molecule is FC(F)(F)c1cnccc1-c1[nH]c2c(c1Nc1ccccc1)C=CSC2. The number of rotatable bonds is 3. The van der Waals surface area contributed by atoms with Crippen LogP contribution in [-0.4, -0.2) is 9.97 Å². The molecule has 3 nitrogen and oxygen atoms in total. The fraction of sp³-hybridized carbons (Fsp3) is 0.105. The predicted octanol–water partition coefficient (Wildman–Crippen LogP) is 6.06. The Balaban J connectivity index is 1.90. The Kier molecular flexibility index (Phi) is 4.24. The van der Waals surface area contributed by atoms with Gasteiger partial charge >= 0.3 is 6.18 Å². The van der Waals surface area contributed by atoms with Gasteiger partial charge in [0.1, 0.15) is 0 Å². The lowest BCUT2D eigenvalue weighted by Gasteiger charge is -2.14. The molecule has 0 aliphatic carbocycles. The summed E-state index contributed by atoms with van der Waals surface area (Å²) in [6, 6.07) is 10.8. The first kappa shape index (κ1) is 16.8. The van der Waals surface area contributed by atoms with Gasteiger partial charge in [-0.1, -0.05) is 18.2 Å². The summed E-state index contributed by atoms with van der Waals surface area (Å²) in [7, 11) is 0. The number of nitrogens with zero attached hydrogens (tertiary/aromatic N) is 1. The highest BCUT2D eigenvalue weighted by molar-refractivity contribution is 8.01. The van der Waals surface area contributed by atoms with E-state index in [0.29, 0.717) is 17.1 Å². The second-order valence-corrected chi connectivity index (χ2v) is 6.69. The average Bonchev–Trinajstić information content (AvgIpc) is 3.00. The number of hydrogen-bond donors (Lipinski definition) is 2. The molecule has 132 valence electrons. The number of pyridine rings is 1. The van der Waals surface area contributed by atoms with Crippen LogP contribution in [0.3, 0.4) is 0 Å². The van der Waals surface area contributed by atoms with E-state index in [4.69, 9.17) is 0 Å². The number of aromatic amines is 1. The third-order valence-corrected chi connectivity index (χ3v) is 4.90. The van der Waals surface area contributed by atoms with Gasteiger partial charge in [-0.3, -0.25) is 4.98 Å². The van der Waals surface area contributed by atoms with Crippen LogP contribution in [-0.2, 0) is 11.9 Å². The number of benzene rings is 1. The molecule has 0 fully saturated rings. The largest absolute Gasteiger partial charge is 0.418 e. The maximum atomic E-state index is 13.5. The van der Waals surface area contributed by atoms with Crippen LogP contribution in [0.15, 0.2) is 54.2 Å². The summed E-state index contributed by atoms with van der Waals surface area (Å²) in [5.41, 5.74) is 2.97. The molecule has 4 rings (SSSR count). The van der Waals surface area contributed by atoms with Gasteiger partial charge in [0, 0.05) is 40.7 Å². The third kappa shape index (κ3) is 3.10. The first-order valence-corrected chi connectivity index (χ1v) is 8.95. The lowest BCUT2D eigenvalue weighted by atomic mass is 10.0. The Labute approximate surface area is 152 Å². The Hall–Kier alpha value is -2.67. The van der Waals surface area contributed by atoms with Crippen LogP contribution < -0.4 is 5.32 Å². The van der Waals surface area contributed by atoms with Gasteiger partial charge in [0.25, 0.3) is 0 Å². The molecule has 0 bridgehead atoms. The molecule has 0 spiro atoms. The van der Waals surface area contributed by atoms with Crippen LogP contribution in [0.1, 0.15) is 16.8 Å². The zero-order valence-electron chi connectivity index (χ0n) is 13.5. The molecule has 0 saturated carbocycles. The highest BCUT2D eigenvalue weighted by Crippen LogP contribution is 2.43. The number of alkyl halides is 3. The first-order valence-electron chi connectivity index (χ1n) is 7.90. The summed E-state index contributed by atoms with van der Waals surface area (Å²) >= 11 is 1.60. The molecule has 7 heteroatoms. The maximum absolute atomic E-state index is 13.5. The van der Waals surface area contributed by atoms with Crippen molar-refractivity contribution in [2.75, 3.05) is 5.32 Å². The molecule has 1 aromatic carbocycles. The van der Waals surface area contributed by atoms with Crippen molar-refractivity contribution in [2.24, 2.45) is 0 Å². The van der Waals surface area contributed by atoms with Gasteiger partial charge in [-0.15, -0.1) is 11.8 Å². The van der Waals surface area contributed by atoms with Crippen LogP contribution in [0.5, 0.6) is 0 Å². The summed E-state index contributed by atoms with van der Waals surface area (Å²) < 4.78 is 40.5. The second kappa shape index (κ2) is 6.57. The number of aromatic nitrogens is 2. The zero-order valence-corrected chi connectivity index (χ0v) is 14.3. The molecule has 26 heavy (non-hydrogen) atoms. The quantitative estimate of drug-likeness (QED) is 0.587. The van der Waals surface area contributed by atoms with E-state index in [1.54, 1.807) is 11.8 Å². The fourth-order valence-electron chi connectivity index (χ4n) is 2.95. The summed E-state index contributed by atoms with van der Waals surface area (Å²) in [4.78, 5) is 6.85. The van der Waals surface area contributed by atoms with Crippen molar-refractivity contribution in [2.45, 2.75) is 11.9 Å². The zero-order chi connectivity index (χ0) is 18.1. The molecule has 0 unspecified atom stereocenters. The van der Waals surface area contributed by atoms with Crippen LogP contribution in [0.25, 0.3) is 17.3 Å². The number of hydrogen-bond acceptors (Lipinski definition) is 3. The van der Waals surface area contributed by atoms with Gasteiger partial charge in [0.05, 0.1) is 16.9 Å². The van der Waals surface area contributed by atoms with Crippen molar-refractivity contribution in [3.05, 3.63) is 71.0 Å². The monoisotopic (exact) mass is 373 g/mol. The number of fused-ring (bicyclic) bond motifs is 1. The van der Waals surface area contributed by atoms with E-state index < -0.39 is 11.7 Å². The van der Waals surface area contributed by atoms with Crippen molar-refractivity contribution in [1.29, 1.82) is 0 Å². The molecule has 2 N–H and O–H groups in total. The number of para-hydroxylation sites is 1. The standard InChI is InChI=1S/C19H14F3N3S/c20-19(21,22)15-10-23-8-6-13(15)17-18(24-12-4-2-1-3-5-12)14-7-9-26-11-16(14)25-17/h1-10,24-25H,11H2. The second-order valence-electron chi connectivity index (χ2n) is 5.79. The van der Waals surface area contributed by atoms with Crippen LogP contribution >= 0.6 is 11.8 Å². The van der Waals surface area contributed by atoms with E-state index >= 15 is 0 Å². The molecule has 3 heterocycles. The average molecular weight is 373 g/mol. The fourth-order valence-corrected chi connectivity index (χ4v) is 3.67. The lowest BCUT2D eigenvalue weighted by molar-refractivity contribution is -0.137. The molecule has 0 amide bonds. The number of thioether (sulfide) groups is 1. The van der Waals surface area contributed by atoms with Crippen molar-refractivity contribution in [3.8, 4) is 11.3 Å². The van der Waals surface area contributed by atoms with E-state index in [-0.39, 0.29) is 5.56 Å². The molecule has 1 aliphatic rings. The Morgan fingerprint density at radius 3 is 2.69 bits per heavy atom. The normalized spacial score (nSPS) is 13.5. The van der Waals surface area contributed by atoms with E-state index in [1.165, 1.54) is 12.3 Å². The molecule has 3 aromatic rings. The molecule has 1 aliphatic heterocycles. The Bertz CT molecular complexity index is 962. The minimum Gasteiger partial charge on any atom is -0.355 e. The Morgan fingerprint density at radius 2 is 1.92 bits per heavy atom. The number of nitrogens with one attached hydrogen (secondary N) is 2. The molecular weight excluding hydrogens is 359 g/mol. The minimum absolute atomic E-state index is 0.0822. The number of anilines is 2. The molecule has 0 saturated heterocycles. The lowest BCUT2D eigenvalue weighted by Crippen LogP contribution is -2.08. The highest BCUT2D eigenvalue weighted by Gasteiger charge is 2.35. The van der Waals surface area contributed by atoms with Crippen molar-refractivity contribution >= 4 is 29.2 Å². The van der Waals surface area contributed by atoms with Gasteiger partial charge in [0.15, 0.2) is 0 Å². The summed E-state index contributed by atoms with van der Waals surface area (Å²) in [6.07, 6.45) is -0.319. The van der Waals surface area contributed by atoms with Gasteiger partial charge in [-0.25, -0.2) is 0 Å². The van der Waals surface area contributed by atoms with E-state index in [0.717, 1.165) is 23.1 Å². The summed E-state index contributed by atoms with van der Waals surface area (Å²) in [5.74, 6) is 0.682. The van der Waals surface area contributed by atoms with Crippen molar-refractivity contribution < 1.29 is 13.2 Å². The summed E-state index contributed by atoms with van der Waals surface area (Å²) in [6.45, 7) is 0. The van der Waals surface area contributed by atoms with E-state index in [9.17, 15) is 13.2 Å². The minimum atomic E-state index is -4.48. The Morgan fingerprint density at radius 1 is 1.12 bits per heavy atom. The maximum Gasteiger partial charge on any atom is 0.418 e. The smallest absolute Gasteiger partial charge is 0.355 e. The van der Waals surface area contributed by atoms with Gasteiger partial charge < -0.3 is 10.3 Å². The van der Waals surface area contributed by atoms with Crippen LogP contribution in [0, 0.1) is 0 Å². The van der Waals surface area contributed by atoms with E-state index in [1.807, 2.05) is 41.8 Å². The highest BCUT2D eigenvalue weighted by atomic mass is 32.2. The molecular formula is C19H14F3N3S.